The Kier molecular flexibility index (Phi) is 6.03. The summed E-state index contributed by atoms with van der Waals surface area (Å²) < 4.78 is 11.5. The number of ether oxygens (including phenoxy) is 1. The van der Waals surface area contributed by atoms with Crippen molar-refractivity contribution in [3.05, 3.63) is 90.1 Å². The van der Waals surface area contributed by atoms with Gasteiger partial charge in [-0.1, -0.05) is 71.9 Å². The Morgan fingerprint density at radius 3 is 2.20 bits per heavy atom. The van der Waals surface area contributed by atoms with Crippen molar-refractivity contribution >= 4 is 11.7 Å². The summed E-state index contributed by atoms with van der Waals surface area (Å²) in [6, 6.07) is 25.8. The molecule has 1 aliphatic carbocycles. The molecule has 4 aromatic rings. The molecule has 178 valence electrons. The van der Waals surface area contributed by atoms with Gasteiger partial charge in [0.05, 0.1) is 11.5 Å². The lowest BCUT2D eigenvalue weighted by Gasteiger charge is -2.16. The summed E-state index contributed by atoms with van der Waals surface area (Å²) in [6.45, 7) is 4.48. The van der Waals surface area contributed by atoms with Gasteiger partial charge in [0.2, 0.25) is 0 Å². The van der Waals surface area contributed by atoms with Crippen LogP contribution < -0.4 is 10.1 Å². The predicted molar refractivity (Wildman–Crippen MR) is 136 cm³/mol. The number of hydrogen-bond donors (Lipinski definition) is 2. The van der Waals surface area contributed by atoms with Crippen LogP contribution in [-0.4, -0.2) is 28.9 Å². The van der Waals surface area contributed by atoms with Gasteiger partial charge < -0.3 is 19.7 Å². The lowest BCUT2D eigenvalue weighted by Crippen LogP contribution is -2.23. The van der Waals surface area contributed by atoms with Crippen LogP contribution in [-0.2, 0) is 10.2 Å². The van der Waals surface area contributed by atoms with E-state index in [2.05, 4.69) is 17.4 Å². The minimum Gasteiger partial charge on any atom is -0.491 e. The number of carboxylic acid groups (broad SMARTS) is 1. The van der Waals surface area contributed by atoms with Crippen LogP contribution in [0.3, 0.4) is 0 Å². The molecule has 0 saturated heterocycles. The van der Waals surface area contributed by atoms with Crippen molar-refractivity contribution in [3.8, 4) is 28.2 Å². The number of nitrogens with zero attached hydrogens (tertiary/aromatic N) is 1. The molecule has 1 unspecified atom stereocenters. The Labute approximate surface area is 204 Å². The first-order valence-electron chi connectivity index (χ1n) is 11.8. The van der Waals surface area contributed by atoms with Crippen molar-refractivity contribution in [2.75, 3.05) is 11.9 Å². The molecule has 0 amide bonds. The Morgan fingerprint density at radius 2 is 1.60 bits per heavy atom. The lowest BCUT2D eigenvalue weighted by atomic mass is 9.93. The van der Waals surface area contributed by atoms with Gasteiger partial charge in [-0.15, -0.1) is 0 Å². The number of para-hydroxylation sites is 1. The van der Waals surface area contributed by atoms with Crippen LogP contribution in [0, 0.1) is 6.92 Å². The summed E-state index contributed by atoms with van der Waals surface area (Å²) in [4.78, 5) is 11.6. The molecule has 1 aromatic heterocycles. The van der Waals surface area contributed by atoms with Gasteiger partial charge in [-0.2, -0.15) is 0 Å². The van der Waals surface area contributed by atoms with Gasteiger partial charge >= 0.3 is 5.97 Å². The quantitative estimate of drug-likeness (QED) is 0.299. The average molecular weight is 469 g/mol. The maximum Gasteiger partial charge on any atom is 0.314 e. The molecule has 0 spiro atoms. The van der Waals surface area contributed by atoms with Crippen LogP contribution in [0.2, 0.25) is 0 Å². The highest BCUT2D eigenvalue weighted by atomic mass is 16.5. The van der Waals surface area contributed by atoms with E-state index < -0.39 is 11.4 Å². The Balaban J connectivity index is 1.29. The summed E-state index contributed by atoms with van der Waals surface area (Å²) in [5.74, 6) is 0.790. The van der Waals surface area contributed by atoms with Crippen LogP contribution in [0.4, 0.5) is 5.69 Å². The van der Waals surface area contributed by atoms with Crippen molar-refractivity contribution in [2.45, 2.75) is 38.1 Å². The Morgan fingerprint density at radius 1 is 1.00 bits per heavy atom. The maximum absolute atomic E-state index is 11.6. The zero-order chi connectivity index (χ0) is 24.4. The van der Waals surface area contributed by atoms with Crippen molar-refractivity contribution in [2.24, 2.45) is 0 Å². The fourth-order valence-corrected chi connectivity index (χ4v) is 4.31. The Hall–Kier alpha value is -4.06. The van der Waals surface area contributed by atoms with Crippen LogP contribution in [0.5, 0.6) is 5.75 Å². The molecule has 35 heavy (non-hydrogen) atoms. The maximum atomic E-state index is 11.6. The molecule has 0 aliphatic heterocycles. The standard InChI is InChI=1S/C29H28N2O4/c1-19(18-34-25-6-4-3-5-7-25)30-26-20(2)31-35-27(26)23-10-8-21(9-11-23)22-12-14-24(15-13-22)29(16-17-29)28(32)33/h3-15,19,30H,16-18H2,1-2H3,(H,32,33). The predicted octanol–water partition coefficient (Wildman–Crippen LogP) is 6.31. The second kappa shape index (κ2) is 9.29. The topological polar surface area (TPSA) is 84.6 Å². The number of benzene rings is 3. The van der Waals surface area contributed by atoms with Gasteiger partial charge in [-0.3, -0.25) is 4.79 Å². The second-order valence-electron chi connectivity index (χ2n) is 9.18. The summed E-state index contributed by atoms with van der Waals surface area (Å²) >= 11 is 0. The fourth-order valence-electron chi connectivity index (χ4n) is 4.31. The van der Waals surface area contributed by atoms with Gasteiger partial charge in [0.15, 0.2) is 5.76 Å². The first kappa shape index (κ1) is 22.7. The number of hydrogen-bond acceptors (Lipinski definition) is 5. The van der Waals surface area contributed by atoms with Crippen molar-refractivity contribution in [3.63, 3.8) is 0 Å². The number of aromatic nitrogens is 1. The molecule has 2 N–H and O–H groups in total. The first-order valence-corrected chi connectivity index (χ1v) is 11.8. The minimum absolute atomic E-state index is 0.0467. The molecule has 1 aliphatic rings. The fraction of sp³-hybridized carbons (Fsp3) is 0.241. The zero-order valence-corrected chi connectivity index (χ0v) is 19.8. The Bertz CT molecular complexity index is 1310. The molecular weight excluding hydrogens is 440 g/mol. The highest BCUT2D eigenvalue weighted by Gasteiger charge is 2.51. The lowest BCUT2D eigenvalue weighted by molar-refractivity contribution is -0.140. The molecule has 3 aromatic carbocycles. The van der Waals surface area contributed by atoms with E-state index in [9.17, 15) is 9.90 Å². The van der Waals surface area contributed by atoms with Gasteiger partial charge in [-0.05, 0) is 55.5 Å². The molecule has 6 nitrogen and oxygen atoms in total. The van der Waals surface area contributed by atoms with Crippen LogP contribution in [0.15, 0.2) is 83.4 Å². The monoisotopic (exact) mass is 468 g/mol. The van der Waals surface area contributed by atoms with Crippen LogP contribution in [0.25, 0.3) is 22.5 Å². The van der Waals surface area contributed by atoms with Crippen LogP contribution >= 0.6 is 0 Å². The largest absolute Gasteiger partial charge is 0.491 e. The van der Waals surface area contributed by atoms with Gasteiger partial charge in [0, 0.05) is 5.56 Å². The molecule has 1 heterocycles. The molecule has 1 saturated carbocycles. The number of rotatable bonds is 9. The van der Waals surface area contributed by atoms with E-state index in [1.54, 1.807) is 0 Å². The summed E-state index contributed by atoms with van der Waals surface area (Å²) in [5.41, 5.74) is 4.86. The number of carboxylic acids is 1. The van der Waals surface area contributed by atoms with Gasteiger partial charge in [-0.25, -0.2) is 0 Å². The minimum atomic E-state index is -0.734. The number of aryl methyl sites for hydroxylation is 1. The molecule has 6 heteroatoms. The van der Waals surface area contributed by atoms with E-state index in [4.69, 9.17) is 9.26 Å². The smallest absolute Gasteiger partial charge is 0.314 e. The van der Waals surface area contributed by atoms with E-state index in [1.807, 2.05) is 85.8 Å². The third-order valence-corrected chi connectivity index (χ3v) is 6.57. The third kappa shape index (κ3) is 4.64. The number of nitrogens with one attached hydrogen (secondary N) is 1. The molecule has 1 atom stereocenters. The van der Waals surface area contributed by atoms with Crippen molar-refractivity contribution in [1.29, 1.82) is 0 Å². The number of carbonyl (C=O) groups is 1. The van der Waals surface area contributed by atoms with E-state index in [0.717, 1.165) is 39.4 Å². The normalized spacial score (nSPS) is 14.8. The van der Waals surface area contributed by atoms with Crippen molar-refractivity contribution in [1.82, 2.24) is 5.16 Å². The molecule has 1 fully saturated rings. The first-order chi connectivity index (χ1) is 17.0. The zero-order valence-electron chi connectivity index (χ0n) is 19.8. The summed E-state index contributed by atoms with van der Waals surface area (Å²) in [7, 11) is 0. The second-order valence-corrected chi connectivity index (χ2v) is 9.18. The van der Waals surface area contributed by atoms with E-state index in [1.165, 1.54) is 0 Å². The summed E-state index contributed by atoms with van der Waals surface area (Å²) in [6.07, 6.45) is 1.42. The van der Waals surface area contributed by atoms with E-state index in [0.29, 0.717) is 25.2 Å². The summed E-state index contributed by atoms with van der Waals surface area (Å²) in [5, 5.41) is 17.2. The van der Waals surface area contributed by atoms with Gasteiger partial charge in [0.25, 0.3) is 0 Å². The molecule has 0 radical (unpaired) electrons. The van der Waals surface area contributed by atoms with Crippen LogP contribution in [0.1, 0.15) is 31.0 Å². The molecule has 0 bridgehead atoms. The highest BCUT2D eigenvalue weighted by Crippen LogP contribution is 2.48. The SMILES string of the molecule is Cc1noc(-c2ccc(-c3ccc(C4(C(=O)O)CC4)cc3)cc2)c1NC(C)COc1ccccc1. The third-order valence-electron chi connectivity index (χ3n) is 6.57. The molecule has 5 rings (SSSR count). The average Bonchev–Trinajstić information content (AvgIpc) is 3.63. The van der Waals surface area contributed by atoms with E-state index in [-0.39, 0.29) is 6.04 Å². The van der Waals surface area contributed by atoms with E-state index >= 15 is 0 Å². The highest BCUT2D eigenvalue weighted by molar-refractivity contribution is 5.85. The van der Waals surface area contributed by atoms with Gasteiger partial charge in [0.1, 0.15) is 23.7 Å². The number of aliphatic carboxylic acids is 1. The number of anilines is 1. The molecular formula is C29H28N2O4. The van der Waals surface area contributed by atoms with Crippen molar-refractivity contribution < 1.29 is 19.2 Å².